The van der Waals surface area contributed by atoms with Crippen molar-refractivity contribution in [2.75, 3.05) is 11.9 Å². The summed E-state index contributed by atoms with van der Waals surface area (Å²) in [5, 5.41) is 5.09. The predicted octanol–water partition coefficient (Wildman–Crippen LogP) is 2.78. The molecule has 0 bridgehead atoms. The molecule has 2 rings (SSSR count). The van der Waals surface area contributed by atoms with Crippen molar-refractivity contribution in [2.45, 2.75) is 6.42 Å². The Bertz CT molecular complexity index is 677. The van der Waals surface area contributed by atoms with E-state index in [9.17, 15) is 14.0 Å². The van der Waals surface area contributed by atoms with Gasteiger partial charge in [-0.15, -0.1) is 0 Å². The van der Waals surface area contributed by atoms with Gasteiger partial charge in [0.25, 0.3) is 0 Å². The number of rotatable bonds is 5. The second-order valence-corrected chi connectivity index (χ2v) is 5.05. The van der Waals surface area contributed by atoms with Crippen molar-refractivity contribution in [2.24, 2.45) is 0 Å². The molecule has 0 spiro atoms. The lowest BCUT2D eigenvalue weighted by Crippen LogP contribution is -2.33. The highest BCUT2D eigenvalue weighted by molar-refractivity contribution is 6.30. The smallest absolute Gasteiger partial charge is 0.243 e. The van der Waals surface area contributed by atoms with Gasteiger partial charge in [0.1, 0.15) is 5.82 Å². The number of hydrogen-bond donors (Lipinski definition) is 2. The summed E-state index contributed by atoms with van der Waals surface area (Å²) in [5.74, 6) is -1.42. The zero-order chi connectivity index (χ0) is 15.9. The molecule has 0 radical (unpaired) electrons. The van der Waals surface area contributed by atoms with Gasteiger partial charge in [0, 0.05) is 5.02 Å². The first kappa shape index (κ1) is 16.0. The van der Waals surface area contributed by atoms with E-state index in [0.29, 0.717) is 0 Å². The first-order valence-corrected chi connectivity index (χ1v) is 6.98. The summed E-state index contributed by atoms with van der Waals surface area (Å²) in [6, 6.07) is 13.1. The van der Waals surface area contributed by atoms with Gasteiger partial charge < -0.3 is 10.6 Å². The number of anilines is 1. The van der Waals surface area contributed by atoms with Crippen LogP contribution in [-0.2, 0) is 16.0 Å². The van der Waals surface area contributed by atoms with Crippen LogP contribution in [0, 0.1) is 5.82 Å². The number of carbonyl (C=O) groups is 2. The highest BCUT2D eigenvalue weighted by Gasteiger charge is 2.09. The van der Waals surface area contributed by atoms with E-state index in [0.717, 1.165) is 11.6 Å². The SMILES string of the molecule is O=C(Cc1ccccc1)NCC(=O)Nc1ccc(Cl)cc1F. The summed E-state index contributed by atoms with van der Waals surface area (Å²) in [6.07, 6.45) is 0.184. The van der Waals surface area contributed by atoms with Crippen LogP contribution >= 0.6 is 11.6 Å². The van der Waals surface area contributed by atoms with Crippen LogP contribution < -0.4 is 10.6 Å². The molecule has 0 saturated heterocycles. The lowest BCUT2D eigenvalue weighted by atomic mass is 10.1. The van der Waals surface area contributed by atoms with E-state index >= 15 is 0 Å². The Morgan fingerprint density at radius 3 is 2.45 bits per heavy atom. The lowest BCUT2D eigenvalue weighted by molar-refractivity contribution is -0.123. The number of nitrogens with one attached hydrogen (secondary N) is 2. The highest BCUT2D eigenvalue weighted by atomic mass is 35.5. The van der Waals surface area contributed by atoms with Crippen molar-refractivity contribution < 1.29 is 14.0 Å². The Kier molecular flexibility index (Phi) is 5.49. The first-order valence-electron chi connectivity index (χ1n) is 6.60. The van der Waals surface area contributed by atoms with Crippen molar-refractivity contribution in [1.29, 1.82) is 0 Å². The molecule has 0 saturated carbocycles. The fraction of sp³-hybridized carbons (Fsp3) is 0.125. The fourth-order valence-corrected chi connectivity index (χ4v) is 1.97. The van der Waals surface area contributed by atoms with Gasteiger partial charge in [0.15, 0.2) is 0 Å². The van der Waals surface area contributed by atoms with Crippen LogP contribution in [0.15, 0.2) is 48.5 Å². The fourth-order valence-electron chi connectivity index (χ4n) is 1.81. The Morgan fingerprint density at radius 1 is 1.05 bits per heavy atom. The Hall–Kier alpha value is -2.40. The summed E-state index contributed by atoms with van der Waals surface area (Å²) in [7, 11) is 0. The van der Waals surface area contributed by atoms with Crippen LogP contribution in [0.4, 0.5) is 10.1 Å². The van der Waals surface area contributed by atoms with E-state index in [1.54, 1.807) is 0 Å². The summed E-state index contributed by atoms with van der Waals surface area (Å²) in [4.78, 5) is 23.4. The molecule has 0 aromatic heterocycles. The molecule has 0 atom stereocenters. The number of halogens is 2. The second-order valence-electron chi connectivity index (χ2n) is 4.61. The van der Waals surface area contributed by atoms with Gasteiger partial charge >= 0.3 is 0 Å². The van der Waals surface area contributed by atoms with Crippen molar-refractivity contribution >= 4 is 29.1 Å². The van der Waals surface area contributed by atoms with E-state index < -0.39 is 11.7 Å². The monoisotopic (exact) mass is 320 g/mol. The maximum Gasteiger partial charge on any atom is 0.243 e. The molecule has 0 heterocycles. The molecule has 114 valence electrons. The van der Waals surface area contributed by atoms with Crippen LogP contribution in [0.5, 0.6) is 0 Å². The third-order valence-electron chi connectivity index (χ3n) is 2.86. The normalized spacial score (nSPS) is 10.1. The average Bonchev–Trinajstić information content (AvgIpc) is 2.49. The van der Waals surface area contributed by atoms with Crippen molar-refractivity contribution in [3.05, 3.63) is 64.9 Å². The average molecular weight is 321 g/mol. The van der Waals surface area contributed by atoms with Crippen molar-refractivity contribution in [1.82, 2.24) is 5.32 Å². The van der Waals surface area contributed by atoms with E-state index in [4.69, 9.17) is 11.6 Å². The van der Waals surface area contributed by atoms with Gasteiger partial charge in [0.05, 0.1) is 18.7 Å². The highest BCUT2D eigenvalue weighted by Crippen LogP contribution is 2.18. The Labute approximate surface area is 132 Å². The minimum atomic E-state index is -0.628. The zero-order valence-corrected chi connectivity index (χ0v) is 12.4. The van der Waals surface area contributed by atoms with E-state index in [1.807, 2.05) is 30.3 Å². The quantitative estimate of drug-likeness (QED) is 0.890. The van der Waals surface area contributed by atoms with Gasteiger partial charge in [-0.3, -0.25) is 9.59 Å². The van der Waals surface area contributed by atoms with Crippen molar-refractivity contribution in [3.8, 4) is 0 Å². The zero-order valence-electron chi connectivity index (χ0n) is 11.6. The molecule has 4 nitrogen and oxygen atoms in total. The van der Waals surface area contributed by atoms with Gasteiger partial charge in [-0.1, -0.05) is 41.9 Å². The minimum Gasteiger partial charge on any atom is -0.347 e. The standard InChI is InChI=1S/C16H14ClFN2O2/c17-12-6-7-14(13(18)9-12)20-16(22)10-19-15(21)8-11-4-2-1-3-5-11/h1-7,9H,8,10H2,(H,19,21)(H,20,22). The molecular weight excluding hydrogens is 307 g/mol. The number of benzene rings is 2. The summed E-state index contributed by atoms with van der Waals surface area (Å²) in [6.45, 7) is -0.228. The van der Waals surface area contributed by atoms with Gasteiger partial charge in [0.2, 0.25) is 11.8 Å². The number of carbonyl (C=O) groups excluding carboxylic acids is 2. The molecule has 0 fully saturated rings. The molecule has 0 aliphatic heterocycles. The third kappa shape index (κ3) is 4.86. The molecule has 0 aliphatic carbocycles. The first-order chi connectivity index (χ1) is 10.5. The van der Waals surface area contributed by atoms with E-state index in [2.05, 4.69) is 10.6 Å². The largest absolute Gasteiger partial charge is 0.347 e. The summed E-state index contributed by atoms with van der Waals surface area (Å²) in [5.41, 5.74) is 0.871. The Morgan fingerprint density at radius 2 is 1.77 bits per heavy atom. The number of amides is 2. The lowest BCUT2D eigenvalue weighted by Gasteiger charge is -2.08. The number of hydrogen-bond acceptors (Lipinski definition) is 2. The molecule has 0 aliphatic rings. The van der Waals surface area contributed by atoms with E-state index in [1.165, 1.54) is 12.1 Å². The maximum absolute atomic E-state index is 13.5. The Balaban J connectivity index is 1.81. The molecule has 22 heavy (non-hydrogen) atoms. The summed E-state index contributed by atoms with van der Waals surface area (Å²) < 4.78 is 13.5. The minimum absolute atomic E-state index is 0.0201. The topological polar surface area (TPSA) is 58.2 Å². The molecular formula is C16H14ClFN2O2. The van der Waals surface area contributed by atoms with Crippen LogP contribution in [0.25, 0.3) is 0 Å². The van der Waals surface area contributed by atoms with E-state index in [-0.39, 0.29) is 29.6 Å². The molecule has 2 aromatic rings. The molecule has 2 amide bonds. The van der Waals surface area contributed by atoms with Crippen LogP contribution in [0.3, 0.4) is 0 Å². The van der Waals surface area contributed by atoms with Crippen LogP contribution in [-0.4, -0.2) is 18.4 Å². The van der Waals surface area contributed by atoms with Gasteiger partial charge in [-0.2, -0.15) is 0 Å². The van der Waals surface area contributed by atoms with Gasteiger partial charge in [-0.25, -0.2) is 4.39 Å². The third-order valence-corrected chi connectivity index (χ3v) is 3.09. The molecule has 2 aromatic carbocycles. The maximum atomic E-state index is 13.5. The second kappa shape index (κ2) is 7.56. The predicted molar refractivity (Wildman–Crippen MR) is 83.2 cm³/mol. The summed E-state index contributed by atoms with van der Waals surface area (Å²) >= 11 is 5.62. The molecule has 0 unspecified atom stereocenters. The van der Waals surface area contributed by atoms with Crippen LogP contribution in [0.2, 0.25) is 5.02 Å². The molecule has 2 N–H and O–H groups in total. The van der Waals surface area contributed by atoms with Crippen molar-refractivity contribution in [3.63, 3.8) is 0 Å². The molecule has 6 heteroatoms. The van der Waals surface area contributed by atoms with Gasteiger partial charge in [-0.05, 0) is 23.8 Å². The van der Waals surface area contributed by atoms with Crippen LogP contribution in [0.1, 0.15) is 5.56 Å².